The van der Waals surface area contributed by atoms with Crippen LogP contribution in [0.2, 0.25) is 0 Å². The van der Waals surface area contributed by atoms with E-state index in [9.17, 15) is 8.42 Å². The Hall–Kier alpha value is -1.35. The minimum Gasteiger partial charge on any atom is -0.235 e. The van der Waals surface area contributed by atoms with E-state index < -0.39 is 15.4 Å². The largest absolute Gasteiger partial charge is 0.235 e. The van der Waals surface area contributed by atoms with Gasteiger partial charge in [0.15, 0.2) is 9.84 Å². The molecule has 1 aromatic heterocycles. The van der Waals surface area contributed by atoms with Gasteiger partial charge in [-0.25, -0.2) is 18.1 Å². The van der Waals surface area contributed by atoms with Crippen LogP contribution >= 0.6 is 0 Å². The summed E-state index contributed by atoms with van der Waals surface area (Å²) in [7, 11) is -2.91. The molecule has 0 spiro atoms. The third-order valence-corrected chi connectivity index (χ3v) is 4.43. The molecule has 0 N–H and O–H groups in total. The second kappa shape index (κ2) is 3.35. The molecule has 15 heavy (non-hydrogen) atoms. The lowest BCUT2D eigenvalue weighted by Gasteiger charge is -2.31. The van der Waals surface area contributed by atoms with Crippen LogP contribution in [0.25, 0.3) is 0 Å². The predicted octanol–water partition coefficient (Wildman–Crippen LogP) is -0.185. The molecule has 0 unspecified atom stereocenters. The summed E-state index contributed by atoms with van der Waals surface area (Å²) in [4.78, 5) is 3.83. The fraction of sp³-hybridized carbons (Fsp3) is 0.556. The van der Waals surface area contributed by atoms with Crippen LogP contribution in [0.1, 0.15) is 12.8 Å². The van der Waals surface area contributed by atoms with Crippen molar-refractivity contribution in [2.75, 3.05) is 11.5 Å². The van der Waals surface area contributed by atoms with Crippen molar-refractivity contribution in [3.05, 3.63) is 12.7 Å². The summed E-state index contributed by atoms with van der Waals surface area (Å²) < 4.78 is 24.2. The quantitative estimate of drug-likeness (QED) is 0.622. The minimum atomic E-state index is -2.91. The Morgan fingerprint density at radius 1 is 1.40 bits per heavy atom. The highest BCUT2D eigenvalue weighted by Crippen LogP contribution is 2.29. The first-order chi connectivity index (χ1) is 7.08. The van der Waals surface area contributed by atoms with Crippen molar-refractivity contribution in [1.82, 2.24) is 14.8 Å². The van der Waals surface area contributed by atoms with Gasteiger partial charge in [-0.15, -0.1) is 6.42 Å². The Morgan fingerprint density at radius 2 is 2.07 bits per heavy atom. The smallest absolute Gasteiger partial charge is 0.150 e. The molecule has 80 valence electrons. The van der Waals surface area contributed by atoms with E-state index in [1.54, 1.807) is 4.68 Å². The third kappa shape index (κ3) is 1.75. The maximum Gasteiger partial charge on any atom is 0.150 e. The molecule has 0 radical (unpaired) electrons. The highest BCUT2D eigenvalue weighted by molar-refractivity contribution is 7.91. The molecule has 0 amide bonds. The summed E-state index contributed by atoms with van der Waals surface area (Å²) in [6.45, 7) is 0. The van der Waals surface area contributed by atoms with Crippen LogP contribution in [0.4, 0.5) is 0 Å². The molecule has 0 aromatic carbocycles. The number of hydrogen-bond donors (Lipinski definition) is 0. The van der Waals surface area contributed by atoms with Gasteiger partial charge in [0.25, 0.3) is 0 Å². The molecule has 1 fully saturated rings. The lowest BCUT2D eigenvalue weighted by atomic mass is 9.94. The highest BCUT2D eigenvalue weighted by atomic mass is 32.2. The van der Waals surface area contributed by atoms with Crippen LogP contribution in [-0.2, 0) is 15.4 Å². The minimum absolute atomic E-state index is 0.122. The number of sulfone groups is 1. The van der Waals surface area contributed by atoms with E-state index >= 15 is 0 Å². The van der Waals surface area contributed by atoms with Gasteiger partial charge in [-0.1, -0.05) is 5.92 Å². The van der Waals surface area contributed by atoms with Crippen LogP contribution in [0, 0.1) is 12.3 Å². The van der Waals surface area contributed by atoms with E-state index in [-0.39, 0.29) is 11.5 Å². The Morgan fingerprint density at radius 3 is 2.53 bits per heavy atom. The number of terminal acetylenes is 1. The lowest BCUT2D eigenvalue weighted by molar-refractivity contribution is 0.316. The van der Waals surface area contributed by atoms with Crippen molar-refractivity contribution in [2.24, 2.45) is 0 Å². The molecular weight excluding hydrogens is 214 g/mol. The van der Waals surface area contributed by atoms with E-state index in [1.807, 2.05) is 0 Å². The van der Waals surface area contributed by atoms with Crippen molar-refractivity contribution >= 4 is 9.84 Å². The fourth-order valence-corrected chi connectivity index (χ4v) is 3.25. The van der Waals surface area contributed by atoms with Gasteiger partial charge >= 0.3 is 0 Å². The zero-order chi connectivity index (χ0) is 10.9. The topological polar surface area (TPSA) is 64.8 Å². The van der Waals surface area contributed by atoms with Crippen LogP contribution in [0.5, 0.6) is 0 Å². The predicted molar refractivity (Wildman–Crippen MR) is 54.7 cm³/mol. The van der Waals surface area contributed by atoms with E-state index in [0.29, 0.717) is 12.8 Å². The Balaban J connectivity index is 2.31. The fourth-order valence-electron chi connectivity index (χ4n) is 1.74. The third-order valence-electron chi connectivity index (χ3n) is 2.78. The van der Waals surface area contributed by atoms with Crippen LogP contribution in [0.15, 0.2) is 12.7 Å². The summed E-state index contributed by atoms with van der Waals surface area (Å²) in [5, 5.41) is 4.00. The van der Waals surface area contributed by atoms with Crippen LogP contribution in [0.3, 0.4) is 0 Å². The molecule has 1 aromatic rings. The van der Waals surface area contributed by atoms with Gasteiger partial charge in [-0.05, 0) is 12.8 Å². The van der Waals surface area contributed by atoms with E-state index in [1.165, 1.54) is 12.7 Å². The van der Waals surface area contributed by atoms with Gasteiger partial charge in [0.05, 0.1) is 11.5 Å². The molecule has 0 bridgehead atoms. The average Bonchev–Trinajstić information content (AvgIpc) is 2.72. The summed E-state index contributed by atoms with van der Waals surface area (Å²) >= 11 is 0. The molecule has 0 aliphatic carbocycles. The molecular formula is C9H11N3O2S. The maximum absolute atomic E-state index is 11.3. The molecule has 6 heteroatoms. The van der Waals surface area contributed by atoms with Gasteiger partial charge in [0, 0.05) is 0 Å². The lowest BCUT2D eigenvalue weighted by Crippen LogP contribution is -2.41. The van der Waals surface area contributed by atoms with E-state index in [4.69, 9.17) is 6.42 Å². The first kappa shape index (κ1) is 10.2. The Kier molecular flexibility index (Phi) is 2.27. The number of nitrogens with zero attached hydrogens (tertiary/aromatic N) is 3. The molecule has 5 nitrogen and oxygen atoms in total. The Labute approximate surface area is 88.4 Å². The molecule has 1 aliphatic heterocycles. The number of aromatic nitrogens is 3. The second-order valence-electron chi connectivity index (χ2n) is 3.67. The first-order valence-electron chi connectivity index (χ1n) is 4.61. The second-order valence-corrected chi connectivity index (χ2v) is 5.97. The van der Waals surface area contributed by atoms with Crippen molar-refractivity contribution in [1.29, 1.82) is 0 Å². The van der Waals surface area contributed by atoms with Gasteiger partial charge in [0.1, 0.15) is 18.2 Å². The standard InChI is InChI=1S/C9H11N3O2S/c1-2-9(12-8-10-7-11-12)3-5-15(13,14)6-4-9/h1,7-8H,3-6H2. The molecule has 2 rings (SSSR count). The summed E-state index contributed by atoms with van der Waals surface area (Å²) in [6.07, 6.45) is 9.25. The molecule has 1 aliphatic rings. The SMILES string of the molecule is C#CC1(n2cncn2)CCS(=O)(=O)CC1. The Bertz CT molecular complexity index is 470. The maximum atomic E-state index is 11.3. The average molecular weight is 225 g/mol. The zero-order valence-electron chi connectivity index (χ0n) is 8.13. The van der Waals surface area contributed by atoms with Gasteiger partial charge in [-0.2, -0.15) is 5.10 Å². The zero-order valence-corrected chi connectivity index (χ0v) is 8.94. The van der Waals surface area contributed by atoms with Crippen molar-refractivity contribution < 1.29 is 8.42 Å². The van der Waals surface area contributed by atoms with Crippen LogP contribution in [-0.4, -0.2) is 34.7 Å². The number of hydrogen-bond acceptors (Lipinski definition) is 4. The van der Waals surface area contributed by atoms with E-state index in [0.717, 1.165) is 0 Å². The van der Waals surface area contributed by atoms with Crippen molar-refractivity contribution in [2.45, 2.75) is 18.4 Å². The van der Waals surface area contributed by atoms with Crippen molar-refractivity contribution in [3.63, 3.8) is 0 Å². The molecule has 2 heterocycles. The summed E-state index contributed by atoms with van der Waals surface area (Å²) in [5.74, 6) is 2.90. The van der Waals surface area contributed by atoms with Crippen LogP contribution < -0.4 is 0 Å². The van der Waals surface area contributed by atoms with Gasteiger partial charge in [-0.3, -0.25) is 0 Å². The van der Waals surface area contributed by atoms with Gasteiger partial charge in [0.2, 0.25) is 0 Å². The van der Waals surface area contributed by atoms with Gasteiger partial charge < -0.3 is 0 Å². The first-order valence-corrected chi connectivity index (χ1v) is 6.43. The molecule has 0 saturated carbocycles. The summed E-state index contributed by atoms with van der Waals surface area (Å²) in [5.41, 5.74) is -0.609. The monoisotopic (exact) mass is 225 g/mol. The number of rotatable bonds is 1. The summed E-state index contributed by atoms with van der Waals surface area (Å²) in [6, 6.07) is 0. The molecule has 1 saturated heterocycles. The van der Waals surface area contributed by atoms with Crippen molar-refractivity contribution in [3.8, 4) is 12.3 Å². The highest BCUT2D eigenvalue weighted by Gasteiger charge is 2.37. The normalized spacial score (nSPS) is 23.1. The molecule has 0 atom stereocenters. The van der Waals surface area contributed by atoms with E-state index in [2.05, 4.69) is 16.0 Å².